The summed E-state index contributed by atoms with van der Waals surface area (Å²) in [7, 11) is -4.39. The zero-order chi connectivity index (χ0) is 51.0. The van der Waals surface area contributed by atoms with Gasteiger partial charge in [0.1, 0.15) is 6.61 Å². The van der Waals surface area contributed by atoms with Crippen molar-refractivity contribution >= 4 is 19.8 Å². The zero-order valence-corrected chi connectivity index (χ0v) is 45.4. The number of carbonyl (C=O) groups is 2. The monoisotopic (exact) mass is 996 g/mol. The van der Waals surface area contributed by atoms with Gasteiger partial charge in [0.15, 0.2) is 6.10 Å². The number of unbranched alkanes of at least 4 members (excludes halogenated alkanes) is 20. The second-order valence-corrected chi connectivity index (χ2v) is 19.5. The maximum absolute atomic E-state index is 12.7. The van der Waals surface area contributed by atoms with Crippen LogP contribution in [0.15, 0.2) is 109 Å². The van der Waals surface area contributed by atoms with Crippen LogP contribution in [0.3, 0.4) is 0 Å². The molecule has 0 fully saturated rings. The highest BCUT2D eigenvalue weighted by molar-refractivity contribution is 7.47. The summed E-state index contributed by atoms with van der Waals surface area (Å²) in [4.78, 5) is 35.1. The third-order valence-corrected chi connectivity index (χ3v) is 12.4. The van der Waals surface area contributed by atoms with E-state index in [1.807, 2.05) is 0 Å². The van der Waals surface area contributed by atoms with Crippen LogP contribution in [0.25, 0.3) is 0 Å². The summed E-state index contributed by atoms with van der Waals surface area (Å²) in [5, 5.41) is 0. The van der Waals surface area contributed by atoms with Crippen LogP contribution >= 0.6 is 7.82 Å². The van der Waals surface area contributed by atoms with Crippen molar-refractivity contribution in [1.82, 2.24) is 0 Å². The molecular weight excluding hydrogens is 894 g/mol. The van der Waals surface area contributed by atoms with Crippen molar-refractivity contribution in [1.29, 1.82) is 0 Å². The predicted octanol–water partition coefficient (Wildman–Crippen LogP) is 17.5. The molecule has 0 spiro atoms. The van der Waals surface area contributed by atoms with Gasteiger partial charge in [-0.2, -0.15) is 0 Å². The van der Waals surface area contributed by atoms with Crippen molar-refractivity contribution in [3.8, 4) is 0 Å². The fraction of sp³-hybridized carbons (Fsp3) is 0.667. The number of phosphoric ester groups is 1. The van der Waals surface area contributed by atoms with E-state index in [-0.39, 0.29) is 32.6 Å². The molecule has 2 atom stereocenters. The number of hydrogen-bond acceptors (Lipinski definition) is 8. The van der Waals surface area contributed by atoms with Gasteiger partial charge in [-0.3, -0.25) is 18.6 Å². The maximum Gasteiger partial charge on any atom is 0.472 e. The van der Waals surface area contributed by atoms with Crippen LogP contribution in [0, 0.1) is 0 Å². The van der Waals surface area contributed by atoms with E-state index in [0.717, 1.165) is 116 Å². The first-order chi connectivity index (χ1) is 34.3. The molecule has 10 heteroatoms. The number of allylic oxidation sites excluding steroid dienone is 18. The van der Waals surface area contributed by atoms with E-state index < -0.39 is 32.5 Å². The van der Waals surface area contributed by atoms with Gasteiger partial charge in [-0.05, 0) is 103 Å². The Morgan fingerprint density at radius 1 is 0.443 bits per heavy atom. The van der Waals surface area contributed by atoms with Crippen molar-refractivity contribution in [2.75, 3.05) is 26.4 Å². The second kappa shape index (κ2) is 55.0. The van der Waals surface area contributed by atoms with Gasteiger partial charge in [-0.25, -0.2) is 4.57 Å². The van der Waals surface area contributed by atoms with Crippen molar-refractivity contribution in [2.45, 2.75) is 232 Å². The summed E-state index contributed by atoms with van der Waals surface area (Å²) in [5.41, 5.74) is 5.37. The lowest BCUT2D eigenvalue weighted by Crippen LogP contribution is -2.29. The number of nitrogens with two attached hydrogens (primary N) is 1. The highest BCUT2D eigenvalue weighted by atomic mass is 31.2. The van der Waals surface area contributed by atoms with Crippen molar-refractivity contribution < 1.29 is 37.6 Å². The Hall–Kier alpha value is -3.33. The van der Waals surface area contributed by atoms with Crippen molar-refractivity contribution in [3.05, 3.63) is 109 Å². The molecule has 0 aliphatic heterocycles. The lowest BCUT2D eigenvalue weighted by Gasteiger charge is -2.19. The molecule has 0 rings (SSSR count). The van der Waals surface area contributed by atoms with Crippen LogP contribution in [-0.4, -0.2) is 49.3 Å². The number of hydrogen-bond donors (Lipinski definition) is 2. The van der Waals surface area contributed by atoms with Gasteiger partial charge in [-0.15, -0.1) is 0 Å². The van der Waals surface area contributed by atoms with Crippen molar-refractivity contribution in [3.63, 3.8) is 0 Å². The molecule has 0 aliphatic rings. The molecule has 9 nitrogen and oxygen atoms in total. The van der Waals surface area contributed by atoms with E-state index in [9.17, 15) is 19.0 Å². The van der Waals surface area contributed by atoms with Gasteiger partial charge in [0.05, 0.1) is 13.2 Å². The van der Waals surface area contributed by atoms with Gasteiger partial charge in [0.2, 0.25) is 0 Å². The van der Waals surface area contributed by atoms with Crippen LogP contribution in [0.4, 0.5) is 0 Å². The molecule has 0 saturated heterocycles. The van der Waals surface area contributed by atoms with Crippen LogP contribution in [-0.2, 0) is 32.7 Å². The largest absolute Gasteiger partial charge is 0.472 e. The van der Waals surface area contributed by atoms with Crippen LogP contribution in [0.1, 0.15) is 226 Å². The quantitative estimate of drug-likeness (QED) is 0.0264. The fourth-order valence-electron chi connectivity index (χ4n) is 7.29. The third kappa shape index (κ3) is 54.0. The average molecular weight is 996 g/mol. The molecule has 0 radical (unpaired) electrons. The highest BCUT2D eigenvalue weighted by Crippen LogP contribution is 2.43. The highest BCUT2D eigenvalue weighted by Gasteiger charge is 2.26. The second-order valence-electron chi connectivity index (χ2n) is 18.1. The maximum atomic E-state index is 12.7. The van der Waals surface area contributed by atoms with E-state index in [0.29, 0.717) is 6.42 Å². The molecule has 0 saturated carbocycles. The summed E-state index contributed by atoms with van der Waals surface area (Å²) >= 11 is 0. The van der Waals surface area contributed by atoms with Crippen LogP contribution in [0.2, 0.25) is 0 Å². The van der Waals surface area contributed by atoms with E-state index in [1.165, 1.54) is 77.0 Å². The summed E-state index contributed by atoms with van der Waals surface area (Å²) in [6, 6.07) is 0. The zero-order valence-electron chi connectivity index (χ0n) is 44.5. The van der Waals surface area contributed by atoms with Gasteiger partial charge in [-0.1, -0.05) is 220 Å². The molecular formula is C60H102NO8P. The Labute approximate surface area is 429 Å². The summed E-state index contributed by atoms with van der Waals surface area (Å²) in [6.45, 7) is 3.59. The molecule has 0 aromatic heterocycles. The van der Waals surface area contributed by atoms with Gasteiger partial charge < -0.3 is 20.1 Å². The van der Waals surface area contributed by atoms with Gasteiger partial charge >= 0.3 is 19.8 Å². The lowest BCUT2D eigenvalue weighted by atomic mass is 10.0. The summed E-state index contributed by atoms with van der Waals surface area (Å²) < 4.78 is 32.9. The molecule has 0 aliphatic carbocycles. The summed E-state index contributed by atoms with van der Waals surface area (Å²) in [5.74, 6) is -0.847. The first kappa shape index (κ1) is 66.7. The normalized spacial score (nSPS) is 13.9. The number of rotatable bonds is 51. The number of esters is 2. The van der Waals surface area contributed by atoms with E-state index in [2.05, 4.69) is 123 Å². The molecule has 0 bridgehead atoms. The van der Waals surface area contributed by atoms with E-state index in [1.54, 1.807) is 0 Å². The van der Waals surface area contributed by atoms with Crippen LogP contribution < -0.4 is 5.73 Å². The smallest absolute Gasteiger partial charge is 0.462 e. The number of carbonyl (C=O) groups excluding carboxylic acids is 2. The minimum Gasteiger partial charge on any atom is -0.462 e. The van der Waals surface area contributed by atoms with E-state index in [4.69, 9.17) is 24.3 Å². The third-order valence-electron chi connectivity index (χ3n) is 11.4. The standard InChI is InChI=1S/C60H102NO8P/c1-3-5-7-9-11-13-15-17-19-20-21-22-23-24-25-26-27-28-29-30-31-32-33-34-35-36-37-38-39-41-43-45-47-49-51-53-60(63)69-58(57-68-70(64,65)67-55-54-61)56-66-59(62)52-50-48-46-44-42-40-18-16-14-12-10-8-6-4-2/h5,7,11,13,16-19,21-22,24-25,27-28,30-31,33-34,58H,3-4,6,8-10,12,14-15,20,23,26,29,32,35-57,61H2,1-2H3,(H,64,65)/b7-5-,13-11-,18-16-,19-17-,22-21-,25-24-,28-27-,31-30-,34-33-. The van der Waals surface area contributed by atoms with Gasteiger partial charge in [0.25, 0.3) is 0 Å². The Bertz CT molecular complexity index is 1510. The molecule has 3 N–H and O–H groups in total. The van der Waals surface area contributed by atoms with Gasteiger partial charge in [0, 0.05) is 19.4 Å². The lowest BCUT2D eigenvalue weighted by molar-refractivity contribution is -0.161. The Morgan fingerprint density at radius 2 is 0.786 bits per heavy atom. The SMILES string of the molecule is CC/C=C\C/C=C\C/C=C\C/C=C\C/C=C\C/C=C\C/C=C\C/C=C\CCCCCCCCCCCCC(=O)OC(COC(=O)CCCCCCC/C=C\CCCCCCC)COP(=O)(O)OCCN. The molecule has 400 valence electrons. The minimum atomic E-state index is -4.39. The summed E-state index contributed by atoms with van der Waals surface area (Å²) in [6.07, 6.45) is 74.3. The molecule has 0 heterocycles. The predicted molar refractivity (Wildman–Crippen MR) is 298 cm³/mol. The molecule has 0 amide bonds. The number of phosphoric acid groups is 1. The first-order valence-corrected chi connectivity index (χ1v) is 29.4. The van der Waals surface area contributed by atoms with Crippen molar-refractivity contribution in [2.24, 2.45) is 5.73 Å². The molecule has 0 aromatic rings. The van der Waals surface area contributed by atoms with E-state index >= 15 is 0 Å². The number of ether oxygens (including phenoxy) is 2. The Balaban J connectivity index is 3.99. The topological polar surface area (TPSA) is 134 Å². The fourth-order valence-corrected chi connectivity index (χ4v) is 8.06. The molecule has 2 unspecified atom stereocenters. The van der Waals surface area contributed by atoms with Crippen LogP contribution in [0.5, 0.6) is 0 Å². The first-order valence-electron chi connectivity index (χ1n) is 27.9. The minimum absolute atomic E-state index is 0.0471. The molecule has 0 aromatic carbocycles. The Morgan fingerprint density at radius 3 is 1.19 bits per heavy atom. The average Bonchev–Trinajstić information content (AvgIpc) is 3.35. The Kier molecular flexibility index (Phi) is 52.4. The molecule has 70 heavy (non-hydrogen) atoms.